The van der Waals surface area contributed by atoms with Gasteiger partial charge in [0.2, 0.25) is 0 Å². The number of amides is 1. The number of halogens is 1. The van der Waals surface area contributed by atoms with Gasteiger partial charge in [-0.1, -0.05) is 11.6 Å². The number of rotatable bonds is 4. The standard InChI is InChI=1S/C19H18ClN3O3/c1-10-6-13(17(24)7-11(10)2)14-9-16(23-22-14)19(25)21-15-8-12(20)4-5-18(15)26-3/h4-9,24H,1-3H3,(H,21,25)(H,22,23). The zero-order chi connectivity index (χ0) is 18.8. The van der Waals surface area contributed by atoms with E-state index in [0.717, 1.165) is 11.1 Å². The van der Waals surface area contributed by atoms with Crippen LogP contribution in [0.5, 0.6) is 11.5 Å². The van der Waals surface area contributed by atoms with Crippen LogP contribution in [0.15, 0.2) is 36.4 Å². The Balaban J connectivity index is 1.87. The van der Waals surface area contributed by atoms with Crippen LogP contribution in [0.1, 0.15) is 21.6 Å². The molecule has 1 heterocycles. The second kappa shape index (κ2) is 7.09. The van der Waals surface area contributed by atoms with E-state index in [1.165, 1.54) is 7.11 Å². The van der Waals surface area contributed by atoms with Crippen LogP contribution in [0.25, 0.3) is 11.3 Å². The lowest BCUT2D eigenvalue weighted by Crippen LogP contribution is -2.13. The molecule has 1 aromatic heterocycles. The van der Waals surface area contributed by atoms with Gasteiger partial charge in [-0.3, -0.25) is 9.89 Å². The fourth-order valence-electron chi connectivity index (χ4n) is 2.55. The van der Waals surface area contributed by atoms with Crippen molar-refractivity contribution >= 4 is 23.2 Å². The minimum absolute atomic E-state index is 0.114. The second-order valence-electron chi connectivity index (χ2n) is 5.92. The fraction of sp³-hybridized carbons (Fsp3) is 0.158. The Labute approximate surface area is 155 Å². The molecule has 26 heavy (non-hydrogen) atoms. The summed E-state index contributed by atoms with van der Waals surface area (Å²) in [6, 6.07) is 10.0. The van der Waals surface area contributed by atoms with Crippen LogP contribution in [0.3, 0.4) is 0 Å². The Hall–Kier alpha value is -2.99. The number of aromatic nitrogens is 2. The predicted molar refractivity (Wildman–Crippen MR) is 101 cm³/mol. The molecule has 0 fully saturated rings. The average molecular weight is 372 g/mol. The van der Waals surface area contributed by atoms with Crippen molar-refractivity contribution in [1.82, 2.24) is 10.2 Å². The first-order chi connectivity index (χ1) is 12.4. The molecule has 3 aromatic rings. The summed E-state index contributed by atoms with van der Waals surface area (Å²) in [5.41, 5.74) is 3.75. The topological polar surface area (TPSA) is 87.2 Å². The number of H-pyrrole nitrogens is 1. The molecule has 6 nitrogen and oxygen atoms in total. The van der Waals surface area contributed by atoms with Gasteiger partial charge in [0.1, 0.15) is 17.2 Å². The maximum atomic E-state index is 12.5. The molecule has 1 amide bonds. The summed E-state index contributed by atoms with van der Waals surface area (Å²) in [5, 5.41) is 20.2. The normalized spacial score (nSPS) is 10.6. The second-order valence-corrected chi connectivity index (χ2v) is 6.36. The van der Waals surface area contributed by atoms with Crippen molar-refractivity contribution in [1.29, 1.82) is 0 Å². The van der Waals surface area contributed by atoms with E-state index in [-0.39, 0.29) is 11.4 Å². The SMILES string of the molecule is COc1ccc(Cl)cc1NC(=O)c1cc(-c2cc(C)c(C)cc2O)n[nH]1. The van der Waals surface area contributed by atoms with Crippen LogP contribution in [0.4, 0.5) is 5.69 Å². The van der Waals surface area contributed by atoms with E-state index in [2.05, 4.69) is 15.5 Å². The molecular weight excluding hydrogens is 354 g/mol. The third-order valence-corrected chi connectivity index (χ3v) is 4.36. The molecule has 134 valence electrons. The number of aromatic amines is 1. The first-order valence-corrected chi connectivity index (χ1v) is 8.27. The highest BCUT2D eigenvalue weighted by Crippen LogP contribution is 2.31. The van der Waals surface area contributed by atoms with Crippen molar-refractivity contribution < 1.29 is 14.6 Å². The number of nitrogens with zero attached hydrogens (tertiary/aromatic N) is 1. The number of hydrogen-bond donors (Lipinski definition) is 3. The van der Waals surface area contributed by atoms with Crippen LogP contribution in [0, 0.1) is 13.8 Å². The van der Waals surface area contributed by atoms with Crippen molar-refractivity contribution in [3.63, 3.8) is 0 Å². The summed E-state index contributed by atoms with van der Waals surface area (Å²) < 4.78 is 5.22. The largest absolute Gasteiger partial charge is 0.507 e. The zero-order valence-corrected chi connectivity index (χ0v) is 15.3. The quantitative estimate of drug-likeness (QED) is 0.637. The number of carbonyl (C=O) groups excluding carboxylic acids is 1. The van der Waals surface area contributed by atoms with Crippen LogP contribution < -0.4 is 10.1 Å². The van der Waals surface area contributed by atoms with Gasteiger partial charge in [-0.2, -0.15) is 5.10 Å². The molecule has 7 heteroatoms. The van der Waals surface area contributed by atoms with Crippen molar-refractivity contribution in [2.24, 2.45) is 0 Å². The molecule has 3 N–H and O–H groups in total. The molecule has 0 radical (unpaired) electrons. The number of phenols is 1. The third kappa shape index (κ3) is 3.50. The van der Waals surface area contributed by atoms with Crippen molar-refractivity contribution in [3.8, 4) is 22.8 Å². The van der Waals surface area contributed by atoms with Gasteiger partial charge in [0.15, 0.2) is 0 Å². The van der Waals surface area contributed by atoms with Gasteiger partial charge in [-0.15, -0.1) is 0 Å². The molecule has 0 bridgehead atoms. The van der Waals surface area contributed by atoms with Crippen LogP contribution in [-0.2, 0) is 0 Å². The number of methoxy groups -OCH3 is 1. The third-order valence-electron chi connectivity index (χ3n) is 4.12. The lowest BCUT2D eigenvalue weighted by molar-refractivity contribution is 0.102. The van der Waals surface area contributed by atoms with E-state index in [1.54, 1.807) is 30.3 Å². The molecule has 0 spiro atoms. The minimum Gasteiger partial charge on any atom is -0.507 e. The Kier molecular flexibility index (Phi) is 4.86. The molecule has 0 saturated carbocycles. The van der Waals surface area contributed by atoms with E-state index < -0.39 is 5.91 Å². The Morgan fingerprint density at radius 1 is 1.19 bits per heavy atom. The number of benzene rings is 2. The maximum Gasteiger partial charge on any atom is 0.273 e. The molecule has 0 saturated heterocycles. The first-order valence-electron chi connectivity index (χ1n) is 7.90. The van der Waals surface area contributed by atoms with E-state index in [9.17, 15) is 9.90 Å². The van der Waals surface area contributed by atoms with Crippen molar-refractivity contribution in [2.45, 2.75) is 13.8 Å². The summed E-state index contributed by atoms with van der Waals surface area (Å²) in [6.07, 6.45) is 0. The summed E-state index contributed by atoms with van der Waals surface area (Å²) >= 11 is 5.98. The molecule has 0 aliphatic heterocycles. The fourth-order valence-corrected chi connectivity index (χ4v) is 2.72. The Morgan fingerprint density at radius 3 is 2.65 bits per heavy atom. The van der Waals surface area contributed by atoms with Gasteiger partial charge in [-0.25, -0.2) is 0 Å². The molecule has 3 rings (SSSR count). The highest BCUT2D eigenvalue weighted by Gasteiger charge is 2.16. The van der Waals surface area contributed by atoms with Gasteiger partial charge in [0.25, 0.3) is 5.91 Å². The summed E-state index contributed by atoms with van der Waals surface area (Å²) in [7, 11) is 1.51. The van der Waals surface area contributed by atoms with Gasteiger partial charge in [-0.05, 0) is 61.4 Å². The number of carbonyl (C=O) groups is 1. The number of aryl methyl sites for hydroxylation is 2. The minimum atomic E-state index is -0.396. The summed E-state index contributed by atoms with van der Waals surface area (Å²) in [4.78, 5) is 12.5. The molecular formula is C19H18ClN3O3. The summed E-state index contributed by atoms with van der Waals surface area (Å²) in [5.74, 6) is 0.213. The monoisotopic (exact) mass is 371 g/mol. The van der Waals surface area contributed by atoms with Crippen molar-refractivity contribution in [3.05, 3.63) is 58.2 Å². The van der Waals surface area contributed by atoms with Gasteiger partial charge < -0.3 is 15.2 Å². The van der Waals surface area contributed by atoms with Crippen LogP contribution in [-0.4, -0.2) is 28.3 Å². The molecule has 2 aromatic carbocycles. The van der Waals surface area contributed by atoms with Gasteiger partial charge >= 0.3 is 0 Å². The van der Waals surface area contributed by atoms with E-state index in [1.807, 2.05) is 19.9 Å². The number of hydrogen-bond acceptors (Lipinski definition) is 4. The first kappa shape index (κ1) is 17.8. The number of nitrogens with one attached hydrogen (secondary N) is 2. The lowest BCUT2D eigenvalue weighted by Gasteiger charge is -2.09. The Bertz CT molecular complexity index is 982. The maximum absolute atomic E-state index is 12.5. The molecule has 0 aliphatic rings. The van der Waals surface area contributed by atoms with E-state index >= 15 is 0 Å². The van der Waals surface area contributed by atoms with E-state index in [4.69, 9.17) is 16.3 Å². The van der Waals surface area contributed by atoms with E-state index in [0.29, 0.717) is 27.7 Å². The number of anilines is 1. The highest BCUT2D eigenvalue weighted by atomic mass is 35.5. The molecule has 0 unspecified atom stereocenters. The number of ether oxygens (including phenoxy) is 1. The Morgan fingerprint density at radius 2 is 1.92 bits per heavy atom. The van der Waals surface area contributed by atoms with Gasteiger partial charge in [0.05, 0.1) is 18.5 Å². The lowest BCUT2D eigenvalue weighted by atomic mass is 10.0. The number of aromatic hydroxyl groups is 1. The predicted octanol–water partition coefficient (Wildman–Crippen LogP) is 4.31. The van der Waals surface area contributed by atoms with Crippen LogP contribution >= 0.6 is 11.6 Å². The highest BCUT2D eigenvalue weighted by molar-refractivity contribution is 6.31. The number of phenolic OH excluding ortho intramolecular Hbond substituents is 1. The summed E-state index contributed by atoms with van der Waals surface area (Å²) in [6.45, 7) is 3.87. The average Bonchev–Trinajstić information content (AvgIpc) is 3.08. The smallest absolute Gasteiger partial charge is 0.273 e. The van der Waals surface area contributed by atoms with Crippen LogP contribution in [0.2, 0.25) is 5.02 Å². The van der Waals surface area contributed by atoms with Crippen molar-refractivity contribution in [2.75, 3.05) is 12.4 Å². The molecule has 0 aliphatic carbocycles. The molecule has 0 atom stereocenters. The van der Waals surface area contributed by atoms with Gasteiger partial charge in [0, 0.05) is 10.6 Å². The zero-order valence-electron chi connectivity index (χ0n) is 14.6.